The summed E-state index contributed by atoms with van der Waals surface area (Å²) in [5.41, 5.74) is 4.20. The van der Waals surface area contributed by atoms with Gasteiger partial charge in [-0.25, -0.2) is 5.01 Å². The SMILES string of the molecule is CN1C(=O)[C@@H](CC(=O)NCCc2ccccc2)N(NC(=O)c2ccccc2)C1=S. The minimum atomic E-state index is -0.878. The fourth-order valence-electron chi connectivity index (χ4n) is 3.03. The number of rotatable bonds is 7. The van der Waals surface area contributed by atoms with Gasteiger partial charge < -0.3 is 5.32 Å². The summed E-state index contributed by atoms with van der Waals surface area (Å²) >= 11 is 5.27. The average Bonchev–Trinajstić information content (AvgIpc) is 2.93. The second kappa shape index (κ2) is 9.29. The highest BCUT2D eigenvalue weighted by Crippen LogP contribution is 2.17. The quantitative estimate of drug-likeness (QED) is 0.677. The largest absolute Gasteiger partial charge is 0.356 e. The lowest BCUT2D eigenvalue weighted by Crippen LogP contribution is -2.50. The predicted octanol–water partition coefficient (Wildman–Crippen LogP) is 1.51. The summed E-state index contributed by atoms with van der Waals surface area (Å²) in [7, 11) is 1.53. The van der Waals surface area contributed by atoms with E-state index < -0.39 is 11.9 Å². The number of hydrogen-bond donors (Lipinski definition) is 2. The van der Waals surface area contributed by atoms with Crippen LogP contribution < -0.4 is 10.7 Å². The van der Waals surface area contributed by atoms with Gasteiger partial charge in [0.15, 0.2) is 5.11 Å². The van der Waals surface area contributed by atoms with E-state index in [1.54, 1.807) is 30.3 Å². The smallest absolute Gasteiger partial charge is 0.269 e. The lowest BCUT2D eigenvalue weighted by Gasteiger charge is -2.24. The number of nitrogens with zero attached hydrogens (tertiary/aromatic N) is 2. The van der Waals surface area contributed by atoms with Crippen molar-refractivity contribution in [3.05, 3.63) is 71.8 Å². The molecule has 0 aliphatic carbocycles. The number of thiocarbonyl (C=S) groups is 1. The van der Waals surface area contributed by atoms with Gasteiger partial charge in [0.05, 0.1) is 6.42 Å². The van der Waals surface area contributed by atoms with E-state index in [-0.39, 0.29) is 23.3 Å². The van der Waals surface area contributed by atoms with Gasteiger partial charge in [-0.05, 0) is 36.3 Å². The molecule has 150 valence electrons. The van der Waals surface area contributed by atoms with Crippen LogP contribution in [0.1, 0.15) is 22.3 Å². The molecule has 1 saturated heterocycles. The molecule has 0 radical (unpaired) electrons. The molecule has 3 rings (SSSR count). The van der Waals surface area contributed by atoms with Crippen LogP contribution in [-0.2, 0) is 16.0 Å². The highest BCUT2D eigenvalue weighted by atomic mass is 32.1. The van der Waals surface area contributed by atoms with Gasteiger partial charge in [-0.1, -0.05) is 48.5 Å². The van der Waals surface area contributed by atoms with Gasteiger partial charge in [0.1, 0.15) is 6.04 Å². The zero-order valence-corrected chi connectivity index (χ0v) is 16.8. The van der Waals surface area contributed by atoms with E-state index in [1.165, 1.54) is 17.0 Å². The van der Waals surface area contributed by atoms with Gasteiger partial charge in [-0.15, -0.1) is 0 Å². The Hall–Kier alpha value is -3.26. The first-order valence-corrected chi connectivity index (χ1v) is 9.65. The maximum atomic E-state index is 12.5. The Morgan fingerprint density at radius 3 is 2.31 bits per heavy atom. The van der Waals surface area contributed by atoms with Crippen molar-refractivity contribution in [3.8, 4) is 0 Å². The lowest BCUT2D eigenvalue weighted by molar-refractivity contribution is -0.131. The maximum Gasteiger partial charge on any atom is 0.269 e. The van der Waals surface area contributed by atoms with E-state index in [0.29, 0.717) is 18.5 Å². The highest BCUT2D eigenvalue weighted by molar-refractivity contribution is 7.80. The van der Waals surface area contributed by atoms with Crippen molar-refractivity contribution in [2.24, 2.45) is 0 Å². The Morgan fingerprint density at radius 1 is 1.03 bits per heavy atom. The minimum Gasteiger partial charge on any atom is -0.356 e. The Balaban J connectivity index is 1.60. The Kier molecular flexibility index (Phi) is 6.56. The van der Waals surface area contributed by atoms with E-state index in [9.17, 15) is 14.4 Å². The maximum absolute atomic E-state index is 12.5. The number of carbonyl (C=O) groups excluding carboxylic acids is 3. The molecule has 2 aromatic carbocycles. The number of hydrazine groups is 1. The zero-order valence-electron chi connectivity index (χ0n) is 16.0. The van der Waals surface area contributed by atoms with Crippen molar-refractivity contribution in [1.82, 2.24) is 20.7 Å². The molecule has 2 N–H and O–H groups in total. The van der Waals surface area contributed by atoms with E-state index in [1.807, 2.05) is 30.3 Å². The molecule has 0 aromatic heterocycles. The van der Waals surface area contributed by atoms with Crippen LogP contribution in [0.4, 0.5) is 0 Å². The summed E-state index contributed by atoms with van der Waals surface area (Å²) in [6, 6.07) is 17.5. The molecule has 0 bridgehead atoms. The van der Waals surface area contributed by atoms with Crippen molar-refractivity contribution in [3.63, 3.8) is 0 Å². The number of likely N-dealkylation sites (N-methyl/N-ethyl adjacent to an activating group) is 1. The van der Waals surface area contributed by atoms with Gasteiger partial charge in [0.2, 0.25) is 5.91 Å². The normalized spacial score (nSPS) is 16.1. The van der Waals surface area contributed by atoms with E-state index in [0.717, 1.165) is 5.56 Å². The fourth-order valence-corrected chi connectivity index (χ4v) is 3.29. The molecule has 29 heavy (non-hydrogen) atoms. The van der Waals surface area contributed by atoms with Crippen LogP contribution in [0.2, 0.25) is 0 Å². The molecule has 3 amide bonds. The zero-order chi connectivity index (χ0) is 20.8. The van der Waals surface area contributed by atoms with Gasteiger partial charge in [-0.3, -0.25) is 24.7 Å². The second-order valence-electron chi connectivity index (χ2n) is 6.66. The topological polar surface area (TPSA) is 81.8 Å². The molecule has 7 nitrogen and oxygen atoms in total. The highest BCUT2D eigenvalue weighted by Gasteiger charge is 2.42. The number of carbonyl (C=O) groups is 3. The first-order chi connectivity index (χ1) is 14.0. The molecular weight excluding hydrogens is 388 g/mol. The summed E-state index contributed by atoms with van der Waals surface area (Å²) in [5.74, 6) is -1.01. The van der Waals surface area contributed by atoms with Crippen LogP contribution in [0, 0.1) is 0 Å². The minimum absolute atomic E-state index is 0.104. The van der Waals surface area contributed by atoms with Crippen LogP contribution in [0.5, 0.6) is 0 Å². The Labute approximate surface area is 174 Å². The summed E-state index contributed by atoms with van der Waals surface area (Å²) in [4.78, 5) is 38.7. The second-order valence-corrected chi connectivity index (χ2v) is 7.03. The molecule has 2 aromatic rings. The third-order valence-corrected chi connectivity index (χ3v) is 5.11. The molecule has 1 fully saturated rings. The third-order valence-electron chi connectivity index (χ3n) is 4.64. The van der Waals surface area contributed by atoms with Crippen molar-refractivity contribution < 1.29 is 14.4 Å². The standard InChI is InChI=1S/C21H22N4O3S/c1-24-20(28)17(14-18(26)22-13-12-15-8-4-2-5-9-15)25(21(24)29)23-19(27)16-10-6-3-7-11-16/h2-11,17H,12-14H2,1H3,(H,22,26)(H,23,27)/t17-/m1/s1. The third kappa shape index (κ3) is 4.97. The van der Waals surface area contributed by atoms with Crippen LogP contribution in [-0.4, -0.2) is 52.4 Å². The van der Waals surface area contributed by atoms with Crippen LogP contribution in [0.25, 0.3) is 0 Å². The van der Waals surface area contributed by atoms with Gasteiger partial charge >= 0.3 is 0 Å². The number of hydrogen-bond acceptors (Lipinski definition) is 4. The van der Waals surface area contributed by atoms with Crippen LogP contribution >= 0.6 is 12.2 Å². The van der Waals surface area contributed by atoms with E-state index in [4.69, 9.17) is 12.2 Å². The summed E-state index contributed by atoms with van der Waals surface area (Å²) < 4.78 is 0. The van der Waals surface area contributed by atoms with Crippen molar-refractivity contribution >= 4 is 35.1 Å². The summed E-state index contributed by atoms with van der Waals surface area (Å²) in [5, 5.41) is 4.27. The fraction of sp³-hybridized carbons (Fsp3) is 0.238. The summed E-state index contributed by atoms with van der Waals surface area (Å²) in [6.07, 6.45) is 0.588. The van der Waals surface area contributed by atoms with Crippen LogP contribution in [0.15, 0.2) is 60.7 Å². The lowest BCUT2D eigenvalue weighted by atomic mass is 10.1. The van der Waals surface area contributed by atoms with E-state index >= 15 is 0 Å². The first-order valence-electron chi connectivity index (χ1n) is 9.25. The van der Waals surface area contributed by atoms with Gasteiger partial charge in [0.25, 0.3) is 11.8 Å². The molecule has 1 aliphatic heterocycles. The molecule has 1 heterocycles. The molecule has 1 atom stereocenters. The van der Waals surface area contributed by atoms with Crippen molar-refractivity contribution in [1.29, 1.82) is 0 Å². The number of benzene rings is 2. The number of nitrogens with one attached hydrogen (secondary N) is 2. The van der Waals surface area contributed by atoms with E-state index in [2.05, 4.69) is 10.7 Å². The first kappa shape index (κ1) is 20.5. The Morgan fingerprint density at radius 2 is 1.66 bits per heavy atom. The predicted molar refractivity (Wildman–Crippen MR) is 113 cm³/mol. The molecule has 0 spiro atoms. The molecule has 8 heteroatoms. The van der Waals surface area contributed by atoms with Crippen molar-refractivity contribution in [2.75, 3.05) is 13.6 Å². The van der Waals surface area contributed by atoms with Crippen LogP contribution in [0.3, 0.4) is 0 Å². The molecule has 1 aliphatic rings. The number of amides is 3. The monoisotopic (exact) mass is 410 g/mol. The summed E-state index contributed by atoms with van der Waals surface area (Å²) in [6.45, 7) is 0.459. The Bertz CT molecular complexity index is 905. The van der Waals surface area contributed by atoms with Gasteiger partial charge in [0, 0.05) is 19.2 Å². The van der Waals surface area contributed by atoms with Gasteiger partial charge in [-0.2, -0.15) is 0 Å². The van der Waals surface area contributed by atoms with Crippen molar-refractivity contribution in [2.45, 2.75) is 18.9 Å². The molecular formula is C21H22N4O3S. The average molecular weight is 410 g/mol. The molecule has 0 unspecified atom stereocenters. The molecule has 0 saturated carbocycles.